The van der Waals surface area contributed by atoms with Gasteiger partial charge < -0.3 is 5.32 Å². The number of aryl methyl sites for hydroxylation is 2. The molecule has 1 amide bonds. The van der Waals surface area contributed by atoms with Crippen molar-refractivity contribution in [2.75, 3.05) is 6.54 Å². The molecule has 1 heterocycles. The van der Waals surface area contributed by atoms with E-state index in [0.717, 1.165) is 28.8 Å². The molecule has 3 rings (SSSR count). The molecule has 0 aliphatic carbocycles. The van der Waals surface area contributed by atoms with Crippen molar-refractivity contribution >= 4 is 17.5 Å². The van der Waals surface area contributed by atoms with Crippen LogP contribution in [0.1, 0.15) is 35.1 Å². The average molecular weight is 369 g/mol. The van der Waals surface area contributed by atoms with E-state index in [2.05, 4.69) is 15.4 Å². The third kappa shape index (κ3) is 3.78. The number of benzene rings is 2. The van der Waals surface area contributed by atoms with Crippen LogP contribution in [0.2, 0.25) is 5.02 Å². The predicted molar refractivity (Wildman–Crippen MR) is 104 cm³/mol. The number of rotatable bonds is 5. The fourth-order valence-electron chi connectivity index (χ4n) is 2.51. The molecule has 0 unspecified atom stereocenters. The summed E-state index contributed by atoms with van der Waals surface area (Å²) in [4.78, 5) is 16.8. The first kappa shape index (κ1) is 18.1. The number of hydrogen-bond acceptors (Lipinski definition) is 3. The van der Waals surface area contributed by atoms with Gasteiger partial charge in [-0.1, -0.05) is 54.4 Å². The summed E-state index contributed by atoms with van der Waals surface area (Å²) < 4.78 is 1.66. The summed E-state index contributed by atoms with van der Waals surface area (Å²) in [5, 5.41) is 7.90. The van der Waals surface area contributed by atoms with Crippen LogP contribution >= 0.6 is 11.6 Å². The molecule has 134 valence electrons. The highest BCUT2D eigenvalue weighted by atomic mass is 35.5. The third-order valence-corrected chi connectivity index (χ3v) is 4.46. The summed E-state index contributed by atoms with van der Waals surface area (Å²) in [7, 11) is 0. The molecule has 6 heteroatoms. The minimum absolute atomic E-state index is 0.144. The lowest BCUT2D eigenvalue weighted by atomic mass is 10.1. The second kappa shape index (κ2) is 7.70. The summed E-state index contributed by atoms with van der Waals surface area (Å²) in [5.41, 5.74) is 3.78. The summed E-state index contributed by atoms with van der Waals surface area (Å²) in [6.45, 7) is 6.55. The van der Waals surface area contributed by atoms with Gasteiger partial charge in [0.15, 0.2) is 5.82 Å². The van der Waals surface area contributed by atoms with E-state index in [9.17, 15) is 4.79 Å². The van der Waals surface area contributed by atoms with Crippen LogP contribution in [0, 0.1) is 13.8 Å². The van der Waals surface area contributed by atoms with Crippen molar-refractivity contribution < 1.29 is 4.79 Å². The smallest absolute Gasteiger partial charge is 0.290 e. The topological polar surface area (TPSA) is 59.8 Å². The number of halogens is 1. The molecule has 3 aromatic rings. The first-order chi connectivity index (χ1) is 12.5. The highest BCUT2D eigenvalue weighted by Gasteiger charge is 2.18. The zero-order valence-electron chi connectivity index (χ0n) is 15.1. The minimum atomic E-state index is -0.280. The zero-order valence-corrected chi connectivity index (χ0v) is 15.8. The largest absolute Gasteiger partial charge is 0.349 e. The first-order valence-corrected chi connectivity index (χ1v) is 8.96. The van der Waals surface area contributed by atoms with Crippen LogP contribution in [0.4, 0.5) is 0 Å². The number of amides is 1. The molecule has 2 aromatic carbocycles. The summed E-state index contributed by atoms with van der Waals surface area (Å²) in [6.07, 6.45) is 0.852. The normalized spacial score (nSPS) is 10.8. The summed E-state index contributed by atoms with van der Waals surface area (Å²) >= 11 is 6.28. The van der Waals surface area contributed by atoms with Crippen LogP contribution in [-0.4, -0.2) is 27.2 Å². The van der Waals surface area contributed by atoms with Crippen molar-refractivity contribution in [3.8, 4) is 17.1 Å². The fraction of sp³-hybridized carbons (Fsp3) is 0.250. The van der Waals surface area contributed by atoms with Gasteiger partial charge in [-0.05, 0) is 38.0 Å². The molecule has 0 radical (unpaired) electrons. The molecule has 26 heavy (non-hydrogen) atoms. The van der Waals surface area contributed by atoms with Crippen LogP contribution in [0.25, 0.3) is 17.1 Å². The van der Waals surface area contributed by atoms with Gasteiger partial charge in [0, 0.05) is 17.1 Å². The van der Waals surface area contributed by atoms with Crippen molar-refractivity contribution in [1.29, 1.82) is 0 Å². The van der Waals surface area contributed by atoms with Gasteiger partial charge in [0.2, 0.25) is 5.82 Å². The van der Waals surface area contributed by atoms with Crippen molar-refractivity contribution in [2.45, 2.75) is 27.2 Å². The van der Waals surface area contributed by atoms with E-state index in [-0.39, 0.29) is 11.7 Å². The summed E-state index contributed by atoms with van der Waals surface area (Å²) in [5.74, 6) is 0.467. The van der Waals surface area contributed by atoms with Gasteiger partial charge in [-0.2, -0.15) is 0 Å². The Morgan fingerprint density at radius 1 is 1.15 bits per heavy atom. The van der Waals surface area contributed by atoms with E-state index < -0.39 is 0 Å². The Hall–Kier alpha value is -2.66. The Morgan fingerprint density at radius 2 is 1.88 bits per heavy atom. The number of nitrogens with one attached hydrogen (secondary N) is 1. The van der Waals surface area contributed by atoms with Gasteiger partial charge in [-0.3, -0.25) is 4.79 Å². The second-order valence-electron chi connectivity index (χ2n) is 6.23. The zero-order chi connectivity index (χ0) is 18.7. The van der Waals surface area contributed by atoms with Crippen molar-refractivity contribution in [3.63, 3.8) is 0 Å². The Bertz CT molecular complexity index is 931. The van der Waals surface area contributed by atoms with E-state index in [1.54, 1.807) is 4.68 Å². The molecule has 0 aliphatic heterocycles. The van der Waals surface area contributed by atoms with E-state index >= 15 is 0 Å². The SMILES string of the molecule is CCCNC(=O)c1nc(-c2ccc(C)cc2)n(-c2ccc(C)c(Cl)c2)n1. The lowest BCUT2D eigenvalue weighted by Gasteiger charge is -2.08. The standard InChI is InChI=1S/C20H21ClN4O/c1-4-11-22-20(26)18-23-19(15-8-5-13(2)6-9-15)25(24-18)16-10-7-14(3)17(21)12-16/h5-10,12H,4,11H2,1-3H3,(H,22,26). The minimum Gasteiger partial charge on any atom is -0.349 e. The Morgan fingerprint density at radius 3 is 2.54 bits per heavy atom. The Kier molecular flexibility index (Phi) is 5.38. The maximum absolute atomic E-state index is 12.3. The van der Waals surface area contributed by atoms with Crippen molar-refractivity contribution in [1.82, 2.24) is 20.1 Å². The number of hydrogen-bond donors (Lipinski definition) is 1. The molecule has 0 saturated heterocycles. The molecule has 5 nitrogen and oxygen atoms in total. The maximum atomic E-state index is 12.3. The van der Waals surface area contributed by atoms with E-state index in [4.69, 9.17) is 11.6 Å². The third-order valence-electron chi connectivity index (χ3n) is 4.06. The van der Waals surface area contributed by atoms with E-state index in [1.165, 1.54) is 0 Å². The molecule has 0 atom stereocenters. The molecular weight excluding hydrogens is 348 g/mol. The van der Waals surface area contributed by atoms with Crippen molar-refractivity contribution in [3.05, 3.63) is 64.4 Å². The Labute approximate surface area is 158 Å². The fourth-order valence-corrected chi connectivity index (χ4v) is 2.68. The van der Waals surface area contributed by atoms with Crippen LogP contribution in [-0.2, 0) is 0 Å². The number of aromatic nitrogens is 3. The van der Waals surface area contributed by atoms with Crippen molar-refractivity contribution in [2.24, 2.45) is 0 Å². The van der Waals surface area contributed by atoms with Gasteiger partial charge in [0.25, 0.3) is 5.91 Å². The number of nitrogens with zero attached hydrogens (tertiary/aromatic N) is 3. The van der Waals surface area contributed by atoms with Gasteiger partial charge >= 0.3 is 0 Å². The van der Waals surface area contributed by atoms with Gasteiger partial charge in [-0.15, -0.1) is 5.10 Å². The molecule has 0 spiro atoms. The molecular formula is C20H21ClN4O. The highest BCUT2D eigenvalue weighted by Crippen LogP contribution is 2.25. The average Bonchev–Trinajstić information content (AvgIpc) is 3.08. The summed E-state index contributed by atoms with van der Waals surface area (Å²) in [6, 6.07) is 13.6. The van der Waals surface area contributed by atoms with Crippen LogP contribution < -0.4 is 5.32 Å². The van der Waals surface area contributed by atoms with Crippen LogP contribution in [0.5, 0.6) is 0 Å². The predicted octanol–water partition coefficient (Wildman–Crippen LogP) is 4.34. The monoisotopic (exact) mass is 368 g/mol. The van der Waals surface area contributed by atoms with E-state index in [1.807, 2.05) is 63.2 Å². The highest BCUT2D eigenvalue weighted by molar-refractivity contribution is 6.31. The lowest BCUT2D eigenvalue weighted by molar-refractivity contribution is 0.0943. The maximum Gasteiger partial charge on any atom is 0.290 e. The number of carbonyl (C=O) groups is 1. The molecule has 0 fully saturated rings. The second-order valence-corrected chi connectivity index (χ2v) is 6.63. The van der Waals surface area contributed by atoms with Gasteiger partial charge in [0.05, 0.1) is 5.69 Å². The van der Waals surface area contributed by atoms with E-state index in [0.29, 0.717) is 17.4 Å². The number of carbonyl (C=O) groups excluding carboxylic acids is 1. The lowest BCUT2D eigenvalue weighted by Crippen LogP contribution is -2.25. The molecule has 0 bridgehead atoms. The van der Waals surface area contributed by atoms with Crippen LogP contribution in [0.15, 0.2) is 42.5 Å². The van der Waals surface area contributed by atoms with Gasteiger partial charge in [0.1, 0.15) is 0 Å². The molecule has 1 N–H and O–H groups in total. The molecule has 0 aliphatic rings. The first-order valence-electron chi connectivity index (χ1n) is 8.58. The molecule has 1 aromatic heterocycles. The Balaban J connectivity index is 2.10. The quantitative estimate of drug-likeness (QED) is 0.728. The van der Waals surface area contributed by atoms with Gasteiger partial charge in [-0.25, -0.2) is 9.67 Å². The molecule has 0 saturated carbocycles. The van der Waals surface area contributed by atoms with Crippen LogP contribution in [0.3, 0.4) is 0 Å².